The van der Waals surface area contributed by atoms with Gasteiger partial charge in [-0.15, -0.1) is 0 Å². The van der Waals surface area contributed by atoms with Gasteiger partial charge in [-0.25, -0.2) is 4.39 Å². The van der Waals surface area contributed by atoms with E-state index in [4.69, 9.17) is 15.2 Å². The first-order valence-electron chi connectivity index (χ1n) is 7.83. The highest BCUT2D eigenvalue weighted by Crippen LogP contribution is 2.29. The number of carbonyl (C=O) groups is 1. The van der Waals surface area contributed by atoms with Gasteiger partial charge in [0.05, 0.1) is 19.8 Å². The fourth-order valence-corrected chi connectivity index (χ4v) is 2.69. The summed E-state index contributed by atoms with van der Waals surface area (Å²) in [6, 6.07) is 4.41. The van der Waals surface area contributed by atoms with Crippen molar-refractivity contribution in [1.82, 2.24) is 4.90 Å². The lowest BCUT2D eigenvalue weighted by molar-refractivity contribution is 0.0603. The number of amides is 1. The van der Waals surface area contributed by atoms with Gasteiger partial charge in [0.25, 0.3) is 5.91 Å². The van der Waals surface area contributed by atoms with Crippen LogP contribution in [-0.4, -0.2) is 50.8 Å². The van der Waals surface area contributed by atoms with Gasteiger partial charge in [0.2, 0.25) is 0 Å². The van der Waals surface area contributed by atoms with Crippen LogP contribution in [0, 0.1) is 11.2 Å². The molecule has 1 unspecified atom stereocenters. The average molecular weight is 324 g/mol. The maximum atomic E-state index is 13.8. The number of hydrogen-bond acceptors (Lipinski definition) is 4. The Kier molecular flexibility index (Phi) is 6.10. The molecule has 5 nitrogen and oxygen atoms in total. The topological polar surface area (TPSA) is 64.8 Å². The molecule has 1 fully saturated rings. The van der Waals surface area contributed by atoms with Crippen molar-refractivity contribution in [1.29, 1.82) is 0 Å². The van der Waals surface area contributed by atoms with Gasteiger partial charge in [-0.05, 0) is 36.6 Å². The van der Waals surface area contributed by atoms with E-state index in [-0.39, 0.29) is 23.7 Å². The molecule has 1 aliphatic heterocycles. The highest BCUT2D eigenvalue weighted by atomic mass is 19.1. The third-order valence-electron chi connectivity index (χ3n) is 4.32. The van der Waals surface area contributed by atoms with Gasteiger partial charge >= 0.3 is 0 Å². The molecule has 23 heavy (non-hydrogen) atoms. The van der Waals surface area contributed by atoms with E-state index in [9.17, 15) is 9.18 Å². The highest BCUT2D eigenvalue weighted by molar-refractivity contribution is 5.94. The number of hydrogen-bond donors (Lipinski definition) is 1. The predicted molar refractivity (Wildman–Crippen MR) is 85.6 cm³/mol. The molecule has 1 aromatic carbocycles. The summed E-state index contributed by atoms with van der Waals surface area (Å²) in [4.78, 5) is 14.4. The lowest BCUT2D eigenvalue weighted by atomic mass is 9.90. The van der Waals surface area contributed by atoms with Gasteiger partial charge in [-0.2, -0.15) is 0 Å². The molecule has 1 saturated heterocycles. The summed E-state index contributed by atoms with van der Waals surface area (Å²) < 4.78 is 24.1. The quantitative estimate of drug-likeness (QED) is 0.777. The van der Waals surface area contributed by atoms with Crippen LogP contribution in [0.5, 0.6) is 0 Å². The van der Waals surface area contributed by atoms with E-state index in [1.54, 1.807) is 18.1 Å². The van der Waals surface area contributed by atoms with Crippen molar-refractivity contribution in [2.24, 2.45) is 11.1 Å². The number of nitrogens with two attached hydrogens (primary N) is 1. The van der Waals surface area contributed by atoms with Crippen LogP contribution < -0.4 is 5.73 Å². The van der Waals surface area contributed by atoms with E-state index in [0.29, 0.717) is 44.0 Å². The molecule has 1 atom stereocenters. The van der Waals surface area contributed by atoms with Gasteiger partial charge < -0.3 is 20.1 Å². The zero-order chi connectivity index (χ0) is 16.9. The first-order chi connectivity index (χ1) is 11.0. The Morgan fingerprint density at radius 2 is 2.22 bits per heavy atom. The fraction of sp³-hybridized carbons (Fsp3) is 0.588. The number of benzene rings is 1. The second-order valence-electron chi connectivity index (χ2n) is 6.34. The maximum Gasteiger partial charge on any atom is 0.253 e. The van der Waals surface area contributed by atoms with Crippen molar-refractivity contribution < 1.29 is 18.7 Å². The van der Waals surface area contributed by atoms with E-state index >= 15 is 0 Å². The average Bonchev–Trinajstić information content (AvgIpc) is 2.95. The number of nitrogens with zero attached hydrogens (tertiary/aromatic N) is 1. The van der Waals surface area contributed by atoms with Crippen molar-refractivity contribution in [2.45, 2.75) is 20.0 Å². The SMILES string of the molecule is COCCOCc1cc(C(=O)N2CCC(C)(CN)C2)ccc1F. The Balaban J connectivity index is 2.03. The zero-order valence-corrected chi connectivity index (χ0v) is 13.8. The van der Waals surface area contributed by atoms with Crippen LogP contribution >= 0.6 is 0 Å². The molecule has 1 aromatic rings. The van der Waals surface area contributed by atoms with Crippen LogP contribution in [0.25, 0.3) is 0 Å². The Morgan fingerprint density at radius 1 is 1.43 bits per heavy atom. The molecule has 0 radical (unpaired) electrons. The predicted octanol–water partition coefficient (Wildman–Crippen LogP) is 1.80. The molecular formula is C17H25FN2O3. The van der Waals surface area contributed by atoms with Crippen LogP contribution in [0.1, 0.15) is 29.3 Å². The summed E-state index contributed by atoms with van der Waals surface area (Å²) in [5.74, 6) is -0.451. The molecule has 2 rings (SSSR count). The summed E-state index contributed by atoms with van der Waals surface area (Å²) >= 11 is 0. The minimum atomic E-state index is -0.368. The summed E-state index contributed by atoms with van der Waals surface area (Å²) in [7, 11) is 1.58. The van der Waals surface area contributed by atoms with Crippen LogP contribution in [0.4, 0.5) is 4.39 Å². The van der Waals surface area contributed by atoms with Crippen LogP contribution in [-0.2, 0) is 16.1 Å². The van der Waals surface area contributed by atoms with E-state index in [0.717, 1.165) is 6.42 Å². The first-order valence-corrected chi connectivity index (χ1v) is 7.83. The summed E-state index contributed by atoms with van der Waals surface area (Å²) in [6.45, 7) is 4.92. The van der Waals surface area contributed by atoms with E-state index in [1.165, 1.54) is 12.1 Å². The molecule has 128 valence electrons. The molecule has 0 aromatic heterocycles. The molecule has 2 N–H and O–H groups in total. The number of methoxy groups -OCH3 is 1. The van der Waals surface area contributed by atoms with E-state index in [1.807, 2.05) is 0 Å². The van der Waals surface area contributed by atoms with Crippen molar-refractivity contribution in [3.63, 3.8) is 0 Å². The molecule has 0 bridgehead atoms. The number of carbonyl (C=O) groups excluding carboxylic acids is 1. The van der Waals surface area contributed by atoms with Gasteiger partial charge in [-0.3, -0.25) is 4.79 Å². The normalized spacial score (nSPS) is 21.0. The number of likely N-dealkylation sites (tertiary alicyclic amines) is 1. The minimum absolute atomic E-state index is 0.0260. The number of halogens is 1. The summed E-state index contributed by atoms with van der Waals surface area (Å²) in [6.07, 6.45) is 0.892. The van der Waals surface area contributed by atoms with Crippen molar-refractivity contribution >= 4 is 5.91 Å². The van der Waals surface area contributed by atoms with Gasteiger partial charge in [-0.1, -0.05) is 6.92 Å². The number of rotatable bonds is 7. The van der Waals surface area contributed by atoms with E-state index in [2.05, 4.69) is 6.92 Å². The first kappa shape index (κ1) is 17.8. The molecule has 1 aliphatic rings. The molecule has 0 saturated carbocycles. The third-order valence-corrected chi connectivity index (χ3v) is 4.32. The second kappa shape index (κ2) is 7.86. The van der Waals surface area contributed by atoms with Crippen molar-refractivity contribution in [3.8, 4) is 0 Å². The molecule has 0 aliphatic carbocycles. The van der Waals surface area contributed by atoms with Crippen molar-refractivity contribution in [2.75, 3.05) is 40.0 Å². The molecule has 0 spiro atoms. The largest absolute Gasteiger partial charge is 0.382 e. The Labute approximate surface area is 136 Å². The lowest BCUT2D eigenvalue weighted by Gasteiger charge is -2.22. The van der Waals surface area contributed by atoms with E-state index < -0.39 is 0 Å². The summed E-state index contributed by atoms with van der Waals surface area (Å²) in [5.41, 5.74) is 6.62. The minimum Gasteiger partial charge on any atom is -0.382 e. The molecule has 6 heteroatoms. The smallest absolute Gasteiger partial charge is 0.253 e. The standard InChI is InChI=1S/C17H25FN2O3/c1-17(11-19)5-6-20(12-17)16(21)13-3-4-15(18)14(9-13)10-23-8-7-22-2/h3-4,9H,5-8,10-12,19H2,1-2H3. The zero-order valence-electron chi connectivity index (χ0n) is 13.8. The summed E-state index contributed by atoms with van der Waals surface area (Å²) in [5, 5.41) is 0. The lowest BCUT2D eigenvalue weighted by Crippen LogP contribution is -2.34. The second-order valence-corrected chi connectivity index (χ2v) is 6.34. The Morgan fingerprint density at radius 3 is 2.87 bits per heavy atom. The third kappa shape index (κ3) is 4.50. The van der Waals surface area contributed by atoms with Gasteiger partial charge in [0.15, 0.2) is 0 Å². The monoisotopic (exact) mass is 324 g/mol. The molecular weight excluding hydrogens is 299 g/mol. The Bertz CT molecular complexity index is 553. The van der Waals surface area contributed by atoms with Crippen LogP contribution in [0.3, 0.4) is 0 Å². The molecule has 1 amide bonds. The highest BCUT2D eigenvalue weighted by Gasteiger charge is 2.35. The number of ether oxygens (including phenoxy) is 2. The molecule has 1 heterocycles. The van der Waals surface area contributed by atoms with Crippen molar-refractivity contribution in [3.05, 3.63) is 35.1 Å². The van der Waals surface area contributed by atoms with Gasteiger partial charge in [0.1, 0.15) is 5.82 Å². The van der Waals surface area contributed by atoms with Gasteiger partial charge in [0, 0.05) is 31.3 Å². The van der Waals surface area contributed by atoms with Crippen LogP contribution in [0.2, 0.25) is 0 Å². The van der Waals surface area contributed by atoms with Crippen LogP contribution in [0.15, 0.2) is 18.2 Å². The maximum absolute atomic E-state index is 13.8. The Hall–Kier alpha value is -1.50. The fourth-order valence-electron chi connectivity index (χ4n) is 2.69.